The van der Waals surface area contributed by atoms with Crippen LogP contribution in [0.1, 0.15) is 25.1 Å². The summed E-state index contributed by atoms with van der Waals surface area (Å²) in [7, 11) is 2.95. The molecule has 1 atom stereocenters. The lowest BCUT2D eigenvalue weighted by Gasteiger charge is -2.18. The molecule has 0 aliphatic carbocycles. The zero-order valence-corrected chi connectivity index (χ0v) is 9.70. The van der Waals surface area contributed by atoms with Gasteiger partial charge in [-0.05, 0) is 13.5 Å². The number of alkyl halides is 2. The number of nitrogens with one attached hydrogen (secondary N) is 1. The number of methoxy groups -OCH3 is 1. The van der Waals surface area contributed by atoms with Gasteiger partial charge in [0.2, 0.25) is 0 Å². The molecule has 1 unspecified atom stereocenters. The van der Waals surface area contributed by atoms with Gasteiger partial charge in [-0.2, -0.15) is 5.10 Å². The Labute approximate surface area is 93.6 Å². The lowest BCUT2D eigenvalue weighted by Crippen LogP contribution is -2.27. The molecule has 1 aromatic heterocycles. The highest BCUT2D eigenvalue weighted by Gasteiger charge is 2.28. The first-order valence-electron chi connectivity index (χ1n) is 5.20. The summed E-state index contributed by atoms with van der Waals surface area (Å²) in [4.78, 5) is 0. The summed E-state index contributed by atoms with van der Waals surface area (Å²) in [5.74, 6) is 0.396. The third-order valence-corrected chi connectivity index (χ3v) is 2.36. The van der Waals surface area contributed by atoms with Crippen molar-refractivity contribution >= 4 is 0 Å². The number of aromatic nitrogens is 2. The third kappa shape index (κ3) is 2.49. The highest BCUT2D eigenvalue weighted by Crippen LogP contribution is 2.29. The Morgan fingerprint density at radius 2 is 2.25 bits per heavy atom. The van der Waals surface area contributed by atoms with Gasteiger partial charge in [-0.3, -0.25) is 4.68 Å². The van der Waals surface area contributed by atoms with Gasteiger partial charge in [0, 0.05) is 6.54 Å². The van der Waals surface area contributed by atoms with Gasteiger partial charge in [0.15, 0.2) is 5.75 Å². The van der Waals surface area contributed by atoms with E-state index < -0.39 is 12.5 Å². The van der Waals surface area contributed by atoms with E-state index in [2.05, 4.69) is 10.4 Å². The summed E-state index contributed by atoms with van der Waals surface area (Å²) < 4.78 is 32.3. The number of ether oxygens (including phenoxy) is 1. The van der Waals surface area contributed by atoms with E-state index in [-0.39, 0.29) is 0 Å². The number of aryl methyl sites for hydroxylation is 1. The summed E-state index contributed by atoms with van der Waals surface area (Å²) in [6.07, 6.45) is -0.193. The van der Waals surface area contributed by atoms with Crippen molar-refractivity contribution in [3.63, 3.8) is 0 Å². The zero-order valence-electron chi connectivity index (χ0n) is 9.70. The van der Waals surface area contributed by atoms with Crippen LogP contribution in [0.15, 0.2) is 6.20 Å². The number of rotatable bonds is 6. The molecular formula is C10H17F2N3O. The second-order valence-electron chi connectivity index (χ2n) is 3.42. The molecule has 0 bridgehead atoms. The predicted molar refractivity (Wildman–Crippen MR) is 56.9 cm³/mol. The lowest BCUT2D eigenvalue weighted by molar-refractivity contribution is 0.0965. The normalized spacial score (nSPS) is 13.1. The van der Waals surface area contributed by atoms with Crippen LogP contribution in [0.25, 0.3) is 0 Å². The second kappa shape index (κ2) is 5.79. The summed E-state index contributed by atoms with van der Waals surface area (Å²) >= 11 is 0. The first-order valence-corrected chi connectivity index (χ1v) is 5.20. The van der Waals surface area contributed by atoms with Crippen molar-refractivity contribution in [3.8, 4) is 5.75 Å². The first kappa shape index (κ1) is 12.9. The van der Waals surface area contributed by atoms with Crippen molar-refractivity contribution in [1.82, 2.24) is 15.1 Å². The molecule has 4 nitrogen and oxygen atoms in total. The Hall–Kier alpha value is -1.17. The van der Waals surface area contributed by atoms with Crippen LogP contribution < -0.4 is 10.1 Å². The highest BCUT2D eigenvalue weighted by atomic mass is 19.3. The van der Waals surface area contributed by atoms with Crippen LogP contribution in [0.5, 0.6) is 5.75 Å². The first-order chi connectivity index (χ1) is 7.65. The largest absolute Gasteiger partial charge is 0.493 e. The van der Waals surface area contributed by atoms with E-state index in [4.69, 9.17) is 4.74 Å². The van der Waals surface area contributed by atoms with Crippen LogP contribution >= 0.6 is 0 Å². The standard InChI is InChI=1S/C10H17F2N3O/c1-4-5-15-9(7(16-3)6-14-15)8(13-2)10(11)12/h6,8,10,13H,4-5H2,1-3H3. The molecule has 0 fully saturated rings. The minimum absolute atomic E-state index is 0.396. The number of halogens is 2. The van der Waals surface area contributed by atoms with Crippen LogP contribution in [-0.2, 0) is 6.54 Å². The maximum Gasteiger partial charge on any atom is 0.259 e. The molecule has 0 aliphatic heterocycles. The number of hydrogen-bond donors (Lipinski definition) is 1. The molecule has 0 saturated carbocycles. The monoisotopic (exact) mass is 233 g/mol. The Morgan fingerprint density at radius 1 is 1.56 bits per heavy atom. The van der Waals surface area contributed by atoms with Gasteiger partial charge in [-0.15, -0.1) is 0 Å². The molecule has 1 rings (SSSR count). The molecule has 0 spiro atoms. The van der Waals surface area contributed by atoms with Crippen molar-refractivity contribution < 1.29 is 13.5 Å². The minimum atomic E-state index is -2.49. The summed E-state index contributed by atoms with van der Waals surface area (Å²) in [5.41, 5.74) is 0.404. The highest BCUT2D eigenvalue weighted by molar-refractivity contribution is 5.28. The average Bonchev–Trinajstić information content (AvgIpc) is 2.63. The van der Waals surface area contributed by atoms with Crippen molar-refractivity contribution in [3.05, 3.63) is 11.9 Å². The average molecular weight is 233 g/mol. The van der Waals surface area contributed by atoms with E-state index in [9.17, 15) is 8.78 Å². The van der Waals surface area contributed by atoms with E-state index in [0.717, 1.165) is 6.42 Å². The zero-order chi connectivity index (χ0) is 12.1. The summed E-state index contributed by atoms with van der Waals surface area (Å²) in [6.45, 7) is 2.57. The fourth-order valence-electron chi connectivity index (χ4n) is 1.62. The van der Waals surface area contributed by atoms with Crippen molar-refractivity contribution in [1.29, 1.82) is 0 Å². The molecule has 0 aliphatic rings. The molecule has 1 heterocycles. The smallest absolute Gasteiger partial charge is 0.259 e. The van der Waals surface area contributed by atoms with Crippen molar-refractivity contribution in [2.24, 2.45) is 0 Å². The van der Waals surface area contributed by atoms with Gasteiger partial charge < -0.3 is 10.1 Å². The van der Waals surface area contributed by atoms with Gasteiger partial charge in [-0.25, -0.2) is 8.78 Å². The maximum atomic E-state index is 12.8. The Balaban J connectivity index is 3.09. The van der Waals surface area contributed by atoms with E-state index in [1.54, 1.807) is 4.68 Å². The van der Waals surface area contributed by atoms with E-state index in [1.807, 2.05) is 6.92 Å². The topological polar surface area (TPSA) is 39.1 Å². The third-order valence-electron chi connectivity index (χ3n) is 2.36. The summed E-state index contributed by atoms with van der Waals surface area (Å²) in [6, 6.07) is -1.05. The van der Waals surface area contributed by atoms with Crippen LogP contribution in [0, 0.1) is 0 Å². The Kier molecular flexibility index (Phi) is 4.67. The molecule has 1 N–H and O–H groups in total. The van der Waals surface area contributed by atoms with Gasteiger partial charge >= 0.3 is 0 Å². The van der Waals surface area contributed by atoms with Gasteiger partial charge in [0.1, 0.15) is 11.7 Å². The van der Waals surface area contributed by atoms with Crippen molar-refractivity contribution in [2.75, 3.05) is 14.2 Å². The molecule has 0 amide bonds. The maximum absolute atomic E-state index is 12.8. The lowest BCUT2D eigenvalue weighted by atomic mass is 10.2. The number of hydrogen-bond acceptors (Lipinski definition) is 3. The molecule has 0 saturated heterocycles. The Bertz CT molecular complexity index is 328. The fourth-order valence-corrected chi connectivity index (χ4v) is 1.62. The van der Waals surface area contributed by atoms with Gasteiger partial charge in [0.25, 0.3) is 6.43 Å². The SMILES string of the molecule is CCCn1ncc(OC)c1C(NC)C(F)F. The van der Waals surface area contributed by atoms with E-state index in [0.29, 0.717) is 18.0 Å². The molecule has 16 heavy (non-hydrogen) atoms. The van der Waals surface area contributed by atoms with Crippen LogP contribution in [0.4, 0.5) is 8.78 Å². The molecule has 0 radical (unpaired) electrons. The van der Waals surface area contributed by atoms with Crippen molar-refractivity contribution in [2.45, 2.75) is 32.4 Å². The predicted octanol–water partition coefficient (Wildman–Crippen LogP) is 1.83. The quantitative estimate of drug-likeness (QED) is 0.814. The molecular weight excluding hydrogens is 216 g/mol. The number of nitrogens with zero attached hydrogens (tertiary/aromatic N) is 2. The minimum Gasteiger partial charge on any atom is -0.493 e. The van der Waals surface area contributed by atoms with E-state index >= 15 is 0 Å². The van der Waals surface area contributed by atoms with Crippen LogP contribution in [0.2, 0.25) is 0 Å². The van der Waals surface area contributed by atoms with E-state index in [1.165, 1.54) is 20.4 Å². The summed E-state index contributed by atoms with van der Waals surface area (Å²) in [5, 5.41) is 6.63. The molecule has 0 aromatic carbocycles. The van der Waals surface area contributed by atoms with Crippen LogP contribution in [-0.4, -0.2) is 30.4 Å². The molecule has 92 valence electrons. The van der Waals surface area contributed by atoms with Crippen LogP contribution in [0.3, 0.4) is 0 Å². The molecule has 6 heteroatoms. The Morgan fingerprint density at radius 3 is 2.69 bits per heavy atom. The fraction of sp³-hybridized carbons (Fsp3) is 0.700. The second-order valence-corrected chi connectivity index (χ2v) is 3.42. The molecule has 1 aromatic rings. The van der Waals surface area contributed by atoms with Gasteiger partial charge in [-0.1, -0.05) is 6.92 Å². The van der Waals surface area contributed by atoms with Gasteiger partial charge in [0.05, 0.1) is 13.3 Å².